The molecule has 0 unspecified atom stereocenters. The van der Waals surface area contributed by atoms with Crippen LogP contribution in [0.1, 0.15) is 15.9 Å². The van der Waals surface area contributed by atoms with Gasteiger partial charge in [-0.2, -0.15) is 5.11 Å². The monoisotopic (exact) mass is 406 g/mol. The van der Waals surface area contributed by atoms with Crippen LogP contribution in [-0.4, -0.2) is 10.9 Å². The van der Waals surface area contributed by atoms with E-state index in [0.29, 0.717) is 16.8 Å². The highest BCUT2D eigenvalue weighted by atomic mass is 79.9. The van der Waals surface area contributed by atoms with Crippen molar-refractivity contribution in [2.24, 2.45) is 10.2 Å². The molecular weight excluding hydrogens is 392 g/mol. The first-order valence-corrected chi connectivity index (χ1v) is 8.70. The van der Waals surface area contributed by atoms with Crippen LogP contribution in [-0.2, 0) is 0 Å². The molecule has 3 rings (SSSR count). The van der Waals surface area contributed by atoms with Crippen LogP contribution in [0.25, 0.3) is 5.76 Å². The number of aliphatic hydroxyl groups is 1. The Morgan fingerprint density at radius 1 is 0.769 bits per heavy atom. The van der Waals surface area contributed by atoms with Gasteiger partial charge in [-0.25, -0.2) is 0 Å². The van der Waals surface area contributed by atoms with E-state index in [2.05, 4.69) is 26.2 Å². The van der Waals surface area contributed by atoms with Gasteiger partial charge in [0.25, 0.3) is 0 Å². The number of ketones is 1. The first-order valence-electron chi connectivity index (χ1n) is 7.91. The Balaban J connectivity index is 2.04. The van der Waals surface area contributed by atoms with Gasteiger partial charge in [0, 0.05) is 15.6 Å². The van der Waals surface area contributed by atoms with Crippen LogP contribution in [0.5, 0.6) is 0 Å². The summed E-state index contributed by atoms with van der Waals surface area (Å²) >= 11 is 3.36. The molecule has 0 fully saturated rings. The zero-order chi connectivity index (χ0) is 18.4. The first-order chi connectivity index (χ1) is 12.6. The molecule has 26 heavy (non-hydrogen) atoms. The molecule has 0 bridgehead atoms. The third-order valence-electron chi connectivity index (χ3n) is 3.61. The van der Waals surface area contributed by atoms with Crippen molar-refractivity contribution in [3.05, 3.63) is 106 Å². The summed E-state index contributed by atoms with van der Waals surface area (Å²) in [7, 11) is 0. The lowest BCUT2D eigenvalue weighted by Gasteiger charge is -2.06. The summed E-state index contributed by atoms with van der Waals surface area (Å²) in [6.07, 6.45) is 0. The fourth-order valence-electron chi connectivity index (χ4n) is 2.27. The summed E-state index contributed by atoms with van der Waals surface area (Å²) < 4.78 is 0.916. The molecule has 0 aliphatic rings. The lowest BCUT2D eigenvalue weighted by molar-refractivity contribution is 0.103. The SMILES string of the molecule is O=C(/C(N=Nc1ccc(Br)cc1)=C(/O)c1ccccc1)c1ccccc1. The second kappa shape index (κ2) is 8.36. The Bertz CT molecular complexity index is 950. The molecule has 0 aliphatic carbocycles. The fraction of sp³-hybridized carbons (Fsp3) is 0. The molecule has 128 valence electrons. The standard InChI is InChI=1S/C21H15BrN2O2/c22-17-11-13-18(14-12-17)23-24-19(20(25)15-7-3-1-4-8-15)21(26)16-9-5-2-6-10-16/h1-14,25H/b20-19-,24-23?. The highest BCUT2D eigenvalue weighted by Gasteiger charge is 2.18. The molecule has 0 aromatic heterocycles. The zero-order valence-electron chi connectivity index (χ0n) is 13.7. The van der Waals surface area contributed by atoms with Crippen molar-refractivity contribution in [2.45, 2.75) is 0 Å². The van der Waals surface area contributed by atoms with Crippen molar-refractivity contribution >= 4 is 33.2 Å². The van der Waals surface area contributed by atoms with Gasteiger partial charge in [-0.15, -0.1) is 5.11 Å². The van der Waals surface area contributed by atoms with E-state index in [0.717, 1.165) is 4.47 Å². The zero-order valence-corrected chi connectivity index (χ0v) is 15.3. The number of benzene rings is 3. The minimum absolute atomic E-state index is 0.106. The summed E-state index contributed by atoms with van der Waals surface area (Å²) in [5.74, 6) is -0.604. The quantitative estimate of drug-likeness (QED) is 0.232. The second-order valence-corrected chi connectivity index (χ2v) is 6.35. The number of hydrogen-bond acceptors (Lipinski definition) is 4. The number of carbonyl (C=O) groups excluding carboxylic acids is 1. The number of halogens is 1. The van der Waals surface area contributed by atoms with Gasteiger partial charge < -0.3 is 5.11 Å². The van der Waals surface area contributed by atoms with Gasteiger partial charge in [0.1, 0.15) is 0 Å². The van der Waals surface area contributed by atoms with Crippen molar-refractivity contribution in [3.63, 3.8) is 0 Å². The Morgan fingerprint density at radius 3 is 1.88 bits per heavy atom. The summed E-state index contributed by atoms with van der Waals surface area (Å²) in [6.45, 7) is 0. The van der Waals surface area contributed by atoms with E-state index in [1.54, 1.807) is 60.7 Å². The normalized spacial score (nSPS) is 12.0. The topological polar surface area (TPSA) is 62.0 Å². The average molecular weight is 407 g/mol. The number of nitrogens with zero attached hydrogens (tertiary/aromatic N) is 2. The van der Waals surface area contributed by atoms with Gasteiger partial charge in [0.05, 0.1) is 5.69 Å². The lowest BCUT2D eigenvalue weighted by Crippen LogP contribution is -2.04. The Kier molecular flexibility index (Phi) is 5.71. The number of carbonyl (C=O) groups is 1. The molecule has 0 radical (unpaired) electrons. The predicted molar refractivity (Wildman–Crippen MR) is 105 cm³/mol. The maximum Gasteiger partial charge on any atom is 0.217 e. The number of aliphatic hydroxyl groups excluding tert-OH is 1. The molecule has 3 aromatic carbocycles. The van der Waals surface area contributed by atoms with Crippen LogP contribution >= 0.6 is 15.9 Å². The molecule has 4 nitrogen and oxygen atoms in total. The van der Waals surface area contributed by atoms with Gasteiger partial charge in [-0.3, -0.25) is 4.79 Å². The van der Waals surface area contributed by atoms with Crippen molar-refractivity contribution in [1.82, 2.24) is 0 Å². The number of allylic oxidation sites excluding steroid dienone is 1. The van der Waals surface area contributed by atoms with Crippen molar-refractivity contribution in [2.75, 3.05) is 0 Å². The Hall–Kier alpha value is -3.05. The molecule has 0 amide bonds. The van der Waals surface area contributed by atoms with Crippen LogP contribution in [0.15, 0.2) is 105 Å². The van der Waals surface area contributed by atoms with Crippen molar-refractivity contribution in [3.8, 4) is 0 Å². The van der Waals surface area contributed by atoms with Gasteiger partial charge in [-0.05, 0) is 24.3 Å². The third-order valence-corrected chi connectivity index (χ3v) is 4.14. The fourth-order valence-corrected chi connectivity index (χ4v) is 2.54. The smallest absolute Gasteiger partial charge is 0.217 e. The van der Waals surface area contributed by atoms with Crippen LogP contribution < -0.4 is 0 Å². The summed E-state index contributed by atoms with van der Waals surface area (Å²) in [5.41, 5.74) is 1.40. The number of azo groups is 1. The van der Waals surface area contributed by atoms with E-state index in [4.69, 9.17) is 0 Å². The van der Waals surface area contributed by atoms with E-state index in [1.165, 1.54) is 0 Å². The molecule has 0 heterocycles. The number of hydrogen-bond donors (Lipinski definition) is 1. The molecule has 5 heteroatoms. The van der Waals surface area contributed by atoms with E-state index in [1.807, 2.05) is 24.3 Å². The molecule has 0 spiro atoms. The highest BCUT2D eigenvalue weighted by molar-refractivity contribution is 9.10. The summed E-state index contributed by atoms with van der Waals surface area (Å²) in [5, 5.41) is 18.8. The van der Waals surface area contributed by atoms with Crippen LogP contribution in [0.4, 0.5) is 5.69 Å². The van der Waals surface area contributed by atoms with Crippen LogP contribution in [0.2, 0.25) is 0 Å². The van der Waals surface area contributed by atoms with Gasteiger partial charge in [-0.1, -0.05) is 76.6 Å². The van der Waals surface area contributed by atoms with E-state index in [-0.39, 0.29) is 11.5 Å². The molecule has 0 atom stereocenters. The predicted octanol–water partition coefficient (Wildman–Crippen LogP) is 6.34. The maximum atomic E-state index is 12.9. The minimum Gasteiger partial charge on any atom is -0.505 e. The minimum atomic E-state index is -0.396. The average Bonchev–Trinajstić information content (AvgIpc) is 2.70. The summed E-state index contributed by atoms with van der Waals surface area (Å²) in [6, 6.07) is 24.7. The van der Waals surface area contributed by atoms with Gasteiger partial charge in [0.2, 0.25) is 5.78 Å². The molecule has 0 aliphatic heterocycles. The molecular formula is C21H15BrN2O2. The van der Waals surface area contributed by atoms with Crippen molar-refractivity contribution in [1.29, 1.82) is 0 Å². The maximum absolute atomic E-state index is 12.9. The molecule has 0 saturated carbocycles. The third kappa shape index (κ3) is 4.32. The highest BCUT2D eigenvalue weighted by Crippen LogP contribution is 2.23. The van der Waals surface area contributed by atoms with Crippen LogP contribution in [0.3, 0.4) is 0 Å². The number of Topliss-reactive ketones (excluding diaryl/α,β-unsaturated/α-hetero) is 1. The molecule has 3 aromatic rings. The summed E-state index contributed by atoms with van der Waals surface area (Å²) in [4.78, 5) is 12.9. The Morgan fingerprint density at radius 2 is 1.31 bits per heavy atom. The largest absolute Gasteiger partial charge is 0.505 e. The van der Waals surface area contributed by atoms with Gasteiger partial charge in [0.15, 0.2) is 11.5 Å². The van der Waals surface area contributed by atoms with Gasteiger partial charge >= 0.3 is 0 Å². The van der Waals surface area contributed by atoms with Crippen molar-refractivity contribution < 1.29 is 9.90 Å². The van der Waals surface area contributed by atoms with E-state index >= 15 is 0 Å². The number of rotatable bonds is 5. The van der Waals surface area contributed by atoms with Crippen LogP contribution in [0, 0.1) is 0 Å². The second-order valence-electron chi connectivity index (χ2n) is 5.43. The Labute approximate surface area is 159 Å². The first kappa shape index (κ1) is 17.8. The lowest BCUT2D eigenvalue weighted by atomic mass is 10.1. The van der Waals surface area contributed by atoms with E-state index in [9.17, 15) is 9.90 Å². The van der Waals surface area contributed by atoms with E-state index < -0.39 is 5.78 Å². The molecule has 0 saturated heterocycles. The molecule has 1 N–H and O–H groups in total.